The third kappa shape index (κ3) is 3.06. The van der Waals surface area contributed by atoms with Crippen LogP contribution in [0.1, 0.15) is 27.5 Å². The van der Waals surface area contributed by atoms with E-state index in [4.69, 9.17) is 0 Å². The zero-order valence-electron chi connectivity index (χ0n) is 10.9. The molecule has 0 fully saturated rings. The second-order valence-corrected chi connectivity index (χ2v) is 5.23. The van der Waals surface area contributed by atoms with Gasteiger partial charge in [-0.1, -0.05) is 36.4 Å². The first-order valence-electron chi connectivity index (χ1n) is 6.14. The molecule has 1 atom stereocenters. The maximum absolute atomic E-state index is 12.2. The van der Waals surface area contributed by atoms with Crippen molar-refractivity contribution in [3.8, 4) is 6.07 Å². The molecule has 0 aliphatic heterocycles. The van der Waals surface area contributed by atoms with Crippen molar-refractivity contribution in [2.24, 2.45) is 0 Å². The highest BCUT2D eigenvalue weighted by Crippen LogP contribution is 2.20. The zero-order valence-corrected chi connectivity index (χ0v) is 12.5. The van der Waals surface area contributed by atoms with Gasteiger partial charge in [-0.15, -0.1) is 0 Å². The van der Waals surface area contributed by atoms with E-state index in [1.54, 1.807) is 18.2 Å². The summed E-state index contributed by atoms with van der Waals surface area (Å²) in [6.45, 7) is 1.92. The Morgan fingerprint density at radius 1 is 1.20 bits per heavy atom. The van der Waals surface area contributed by atoms with Crippen molar-refractivity contribution < 1.29 is 4.79 Å². The summed E-state index contributed by atoms with van der Waals surface area (Å²) in [6, 6.07) is 16.1. The number of benzene rings is 2. The molecule has 0 aromatic heterocycles. The van der Waals surface area contributed by atoms with Crippen LogP contribution in [0.25, 0.3) is 0 Å². The Labute approximate surface area is 126 Å². The van der Waals surface area contributed by atoms with Crippen LogP contribution in [0.5, 0.6) is 0 Å². The average molecular weight is 329 g/mol. The Bertz CT molecular complexity index is 676. The van der Waals surface area contributed by atoms with E-state index in [0.29, 0.717) is 10.0 Å². The molecule has 1 N–H and O–H groups in total. The Morgan fingerprint density at radius 3 is 2.50 bits per heavy atom. The molecule has 1 unspecified atom stereocenters. The molecule has 0 saturated heterocycles. The van der Waals surface area contributed by atoms with E-state index in [9.17, 15) is 10.1 Å². The van der Waals surface area contributed by atoms with Crippen LogP contribution in [0.3, 0.4) is 0 Å². The van der Waals surface area contributed by atoms with Crippen LogP contribution in [0.15, 0.2) is 53.0 Å². The molecule has 1 amide bonds. The van der Waals surface area contributed by atoms with E-state index >= 15 is 0 Å². The van der Waals surface area contributed by atoms with E-state index in [1.807, 2.05) is 37.3 Å². The lowest BCUT2D eigenvalue weighted by Gasteiger charge is -2.14. The second-order valence-electron chi connectivity index (χ2n) is 4.37. The summed E-state index contributed by atoms with van der Waals surface area (Å²) in [5.74, 6) is -0.271. The summed E-state index contributed by atoms with van der Waals surface area (Å²) in [5, 5.41) is 12.0. The van der Waals surface area contributed by atoms with Crippen LogP contribution in [-0.4, -0.2) is 5.91 Å². The van der Waals surface area contributed by atoms with E-state index in [-0.39, 0.29) is 5.91 Å². The molecule has 0 radical (unpaired) electrons. The average Bonchev–Trinajstić information content (AvgIpc) is 2.46. The molecule has 2 aromatic rings. The van der Waals surface area contributed by atoms with Gasteiger partial charge in [0, 0.05) is 4.47 Å². The van der Waals surface area contributed by atoms with Crippen LogP contribution in [0, 0.1) is 18.3 Å². The van der Waals surface area contributed by atoms with Crippen molar-refractivity contribution in [3.05, 3.63) is 69.7 Å². The number of rotatable bonds is 3. The summed E-state index contributed by atoms with van der Waals surface area (Å²) in [7, 11) is 0. The Morgan fingerprint density at radius 2 is 1.85 bits per heavy atom. The Kier molecular flexibility index (Phi) is 4.54. The lowest BCUT2D eigenvalue weighted by molar-refractivity contribution is 0.0944. The van der Waals surface area contributed by atoms with Crippen LogP contribution in [0.4, 0.5) is 0 Å². The van der Waals surface area contributed by atoms with Crippen LogP contribution in [0.2, 0.25) is 0 Å². The van der Waals surface area contributed by atoms with Gasteiger partial charge in [0.05, 0.1) is 11.6 Å². The van der Waals surface area contributed by atoms with Crippen molar-refractivity contribution in [2.75, 3.05) is 0 Å². The van der Waals surface area contributed by atoms with Crippen molar-refractivity contribution in [1.29, 1.82) is 5.26 Å². The summed E-state index contributed by atoms with van der Waals surface area (Å²) in [4.78, 5) is 12.2. The standard InChI is InChI=1S/C16H13BrN2O/c1-11-6-2-3-7-12(11)15(10-18)19-16(20)13-8-4-5-9-14(13)17/h2-9,15H,1H3,(H,19,20). The molecule has 0 aliphatic rings. The highest BCUT2D eigenvalue weighted by atomic mass is 79.9. The minimum absolute atomic E-state index is 0.271. The minimum atomic E-state index is -0.657. The number of carbonyl (C=O) groups excluding carboxylic acids is 1. The van der Waals surface area contributed by atoms with Crippen molar-refractivity contribution >= 4 is 21.8 Å². The number of nitriles is 1. The molecule has 2 rings (SSSR count). The fourth-order valence-electron chi connectivity index (χ4n) is 1.94. The fourth-order valence-corrected chi connectivity index (χ4v) is 2.41. The summed E-state index contributed by atoms with van der Waals surface area (Å²) < 4.78 is 0.707. The van der Waals surface area contributed by atoms with E-state index < -0.39 is 6.04 Å². The summed E-state index contributed by atoms with van der Waals surface area (Å²) in [6.07, 6.45) is 0. The van der Waals surface area contributed by atoms with Crippen LogP contribution < -0.4 is 5.32 Å². The fraction of sp³-hybridized carbons (Fsp3) is 0.125. The molecule has 0 saturated carbocycles. The largest absolute Gasteiger partial charge is 0.332 e. The van der Waals surface area contributed by atoms with Crippen molar-refractivity contribution in [3.63, 3.8) is 0 Å². The number of aryl methyl sites for hydroxylation is 1. The smallest absolute Gasteiger partial charge is 0.253 e. The lowest BCUT2D eigenvalue weighted by atomic mass is 10.0. The van der Waals surface area contributed by atoms with Gasteiger partial charge in [0.25, 0.3) is 5.91 Å². The molecule has 0 heterocycles. The molecule has 3 nitrogen and oxygen atoms in total. The SMILES string of the molecule is Cc1ccccc1C(C#N)NC(=O)c1ccccc1Br. The van der Waals surface area contributed by atoms with Gasteiger partial charge >= 0.3 is 0 Å². The molecule has 2 aromatic carbocycles. The van der Waals surface area contributed by atoms with Gasteiger partial charge in [0.1, 0.15) is 6.04 Å². The molecule has 0 bridgehead atoms. The van der Waals surface area contributed by atoms with Gasteiger partial charge < -0.3 is 5.32 Å². The molecular formula is C16H13BrN2O. The third-order valence-corrected chi connectivity index (χ3v) is 3.71. The maximum Gasteiger partial charge on any atom is 0.253 e. The van der Waals surface area contributed by atoms with Gasteiger partial charge in [-0.05, 0) is 46.1 Å². The highest BCUT2D eigenvalue weighted by molar-refractivity contribution is 9.10. The molecule has 4 heteroatoms. The molecule has 20 heavy (non-hydrogen) atoms. The number of carbonyl (C=O) groups is 1. The van der Waals surface area contributed by atoms with Crippen molar-refractivity contribution in [1.82, 2.24) is 5.32 Å². The second kappa shape index (κ2) is 6.36. The van der Waals surface area contributed by atoms with E-state index in [0.717, 1.165) is 11.1 Å². The Balaban J connectivity index is 2.24. The summed E-state index contributed by atoms with van der Waals surface area (Å²) >= 11 is 3.34. The van der Waals surface area contributed by atoms with Gasteiger partial charge in [-0.25, -0.2) is 0 Å². The quantitative estimate of drug-likeness (QED) is 0.932. The van der Waals surface area contributed by atoms with Gasteiger partial charge in [0.2, 0.25) is 0 Å². The van der Waals surface area contributed by atoms with Gasteiger partial charge in [-0.3, -0.25) is 4.79 Å². The first-order valence-corrected chi connectivity index (χ1v) is 6.93. The topological polar surface area (TPSA) is 52.9 Å². The first kappa shape index (κ1) is 14.3. The number of nitrogens with zero attached hydrogens (tertiary/aromatic N) is 1. The number of nitrogens with one attached hydrogen (secondary N) is 1. The lowest BCUT2D eigenvalue weighted by Crippen LogP contribution is -2.28. The van der Waals surface area contributed by atoms with E-state index in [2.05, 4.69) is 27.3 Å². The highest BCUT2D eigenvalue weighted by Gasteiger charge is 2.17. The van der Waals surface area contributed by atoms with Gasteiger partial charge in [0.15, 0.2) is 0 Å². The Hall–Kier alpha value is -2.12. The van der Waals surface area contributed by atoms with Gasteiger partial charge in [-0.2, -0.15) is 5.26 Å². The maximum atomic E-state index is 12.2. The van der Waals surface area contributed by atoms with Crippen LogP contribution >= 0.6 is 15.9 Å². The summed E-state index contributed by atoms with van der Waals surface area (Å²) in [5.41, 5.74) is 2.31. The molecule has 100 valence electrons. The first-order chi connectivity index (χ1) is 9.63. The predicted molar refractivity (Wildman–Crippen MR) is 81.1 cm³/mol. The third-order valence-electron chi connectivity index (χ3n) is 3.02. The molecule has 0 spiro atoms. The minimum Gasteiger partial charge on any atom is -0.332 e. The monoisotopic (exact) mass is 328 g/mol. The van der Waals surface area contributed by atoms with E-state index in [1.165, 1.54) is 0 Å². The normalized spacial score (nSPS) is 11.4. The molecule has 0 aliphatic carbocycles. The zero-order chi connectivity index (χ0) is 14.5. The predicted octanol–water partition coefficient (Wildman–Crippen LogP) is 3.75. The number of hydrogen-bond acceptors (Lipinski definition) is 2. The number of hydrogen-bond donors (Lipinski definition) is 1. The van der Waals surface area contributed by atoms with Crippen LogP contribution in [-0.2, 0) is 0 Å². The number of amides is 1. The number of halogens is 1. The van der Waals surface area contributed by atoms with Crippen molar-refractivity contribution in [2.45, 2.75) is 13.0 Å². The molecular weight excluding hydrogens is 316 g/mol.